The zero-order valence-corrected chi connectivity index (χ0v) is 17.5. The van der Waals surface area contributed by atoms with Gasteiger partial charge in [0, 0.05) is 0 Å². The highest BCUT2D eigenvalue weighted by molar-refractivity contribution is 6.04. The van der Waals surface area contributed by atoms with Crippen molar-refractivity contribution >= 4 is 17.7 Å². The number of carbonyl (C=O) groups is 2. The fourth-order valence-electron chi connectivity index (χ4n) is 3.27. The van der Waals surface area contributed by atoms with Gasteiger partial charge in [-0.3, -0.25) is 0 Å². The maximum Gasteiger partial charge on any atom is 0.338 e. The molecule has 0 spiro atoms. The summed E-state index contributed by atoms with van der Waals surface area (Å²) in [5, 5.41) is 5.60. The molecule has 2 N–H and O–H groups in total. The van der Waals surface area contributed by atoms with E-state index in [-0.39, 0.29) is 12.7 Å². The van der Waals surface area contributed by atoms with Crippen molar-refractivity contribution in [2.24, 2.45) is 0 Å². The molecule has 0 aromatic heterocycles. The van der Waals surface area contributed by atoms with E-state index in [4.69, 9.17) is 14.2 Å². The first kappa shape index (κ1) is 21.2. The summed E-state index contributed by atoms with van der Waals surface area (Å²) in [7, 11) is 1.58. The molecule has 0 saturated heterocycles. The molecule has 3 rings (SSSR count). The van der Waals surface area contributed by atoms with Gasteiger partial charge in [-0.15, -0.1) is 0 Å². The van der Waals surface area contributed by atoms with Crippen molar-refractivity contribution < 1.29 is 23.8 Å². The number of urea groups is 1. The molecule has 1 atom stereocenters. The minimum atomic E-state index is -0.689. The average molecular weight is 410 g/mol. The monoisotopic (exact) mass is 410 g/mol. The van der Waals surface area contributed by atoms with Gasteiger partial charge in [0.05, 0.1) is 37.1 Å². The Morgan fingerprint density at radius 2 is 1.83 bits per heavy atom. The van der Waals surface area contributed by atoms with Crippen molar-refractivity contribution in [3.05, 3.63) is 65.2 Å². The lowest BCUT2D eigenvalue weighted by Gasteiger charge is -2.30. The minimum absolute atomic E-state index is 0.00204. The lowest BCUT2D eigenvalue weighted by atomic mass is 9.92. The van der Waals surface area contributed by atoms with Gasteiger partial charge < -0.3 is 24.8 Å². The smallest absolute Gasteiger partial charge is 0.338 e. The number of nitrogens with one attached hydrogen (secondary N) is 2. The van der Waals surface area contributed by atoms with Crippen LogP contribution in [0, 0.1) is 0 Å². The summed E-state index contributed by atoms with van der Waals surface area (Å²) in [6, 6.07) is 13.3. The molecule has 0 radical (unpaired) electrons. The molecule has 2 amide bonds. The highest BCUT2D eigenvalue weighted by Crippen LogP contribution is 2.33. The zero-order valence-electron chi connectivity index (χ0n) is 17.5. The molecule has 0 aliphatic carbocycles. The van der Waals surface area contributed by atoms with Gasteiger partial charge in [0.2, 0.25) is 0 Å². The number of hydrogen-bond donors (Lipinski definition) is 2. The van der Waals surface area contributed by atoms with Crippen molar-refractivity contribution in [2.75, 3.05) is 13.7 Å². The van der Waals surface area contributed by atoms with Crippen LogP contribution in [-0.2, 0) is 9.53 Å². The third kappa shape index (κ3) is 4.74. The summed E-state index contributed by atoms with van der Waals surface area (Å²) in [5.74, 6) is 0.827. The Morgan fingerprint density at radius 1 is 1.10 bits per heavy atom. The van der Waals surface area contributed by atoms with Crippen LogP contribution in [0.15, 0.2) is 54.1 Å². The van der Waals surface area contributed by atoms with Crippen LogP contribution in [0.1, 0.15) is 37.9 Å². The molecule has 7 heteroatoms. The summed E-state index contributed by atoms with van der Waals surface area (Å²) >= 11 is 0. The van der Waals surface area contributed by atoms with E-state index < -0.39 is 18.0 Å². The van der Waals surface area contributed by atoms with Gasteiger partial charge in [-0.2, -0.15) is 0 Å². The number of rotatable bonds is 7. The molecular formula is C23H26N2O5. The van der Waals surface area contributed by atoms with E-state index in [1.54, 1.807) is 38.3 Å². The molecular weight excluding hydrogens is 384 g/mol. The van der Waals surface area contributed by atoms with Gasteiger partial charge in [-0.1, -0.05) is 12.1 Å². The van der Waals surface area contributed by atoms with E-state index in [1.807, 2.05) is 38.1 Å². The quantitative estimate of drug-likeness (QED) is 0.678. The van der Waals surface area contributed by atoms with Gasteiger partial charge in [-0.25, -0.2) is 9.59 Å². The third-order valence-electron chi connectivity index (χ3n) is 4.51. The molecule has 1 aliphatic rings. The van der Waals surface area contributed by atoms with E-state index in [0.29, 0.717) is 28.3 Å². The number of benzene rings is 2. The van der Waals surface area contributed by atoms with E-state index in [2.05, 4.69) is 10.6 Å². The Bertz CT molecular complexity index is 950. The van der Waals surface area contributed by atoms with Gasteiger partial charge in [0.25, 0.3) is 0 Å². The number of amides is 2. The van der Waals surface area contributed by atoms with Crippen LogP contribution in [0.3, 0.4) is 0 Å². The summed E-state index contributed by atoms with van der Waals surface area (Å²) in [6.45, 7) is 5.83. The molecule has 7 nitrogen and oxygen atoms in total. The molecule has 1 aliphatic heterocycles. The van der Waals surface area contributed by atoms with E-state index in [1.165, 1.54) is 0 Å². The molecule has 1 heterocycles. The number of carbonyl (C=O) groups excluding carboxylic acids is 2. The molecule has 0 bridgehead atoms. The number of esters is 1. The van der Waals surface area contributed by atoms with Crippen molar-refractivity contribution in [1.29, 1.82) is 0 Å². The highest BCUT2D eigenvalue weighted by Gasteiger charge is 2.34. The third-order valence-corrected chi connectivity index (χ3v) is 4.51. The summed E-state index contributed by atoms with van der Waals surface area (Å²) in [6.07, 6.45) is -0.00204. The van der Waals surface area contributed by atoms with Crippen LogP contribution < -0.4 is 20.1 Å². The van der Waals surface area contributed by atoms with Crippen LogP contribution in [0.2, 0.25) is 0 Å². The predicted molar refractivity (Wildman–Crippen MR) is 113 cm³/mol. The Labute approximate surface area is 176 Å². The molecule has 30 heavy (non-hydrogen) atoms. The minimum Gasteiger partial charge on any atom is -0.497 e. The lowest BCUT2D eigenvalue weighted by Crippen LogP contribution is -2.45. The second kappa shape index (κ2) is 9.35. The average Bonchev–Trinajstić information content (AvgIpc) is 2.73. The summed E-state index contributed by atoms with van der Waals surface area (Å²) in [5.41, 5.74) is 2.12. The molecule has 1 unspecified atom stereocenters. The summed E-state index contributed by atoms with van der Waals surface area (Å²) in [4.78, 5) is 25.4. The molecule has 158 valence electrons. The molecule has 0 saturated carbocycles. The fourth-order valence-corrected chi connectivity index (χ4v) is 3.27. The fraction of sp³-hybridized carbons (Fsp3) is 0.304. The number of hydrogen-bond acceptors (Lipinski definition) is 5. The van der Waals surface area contributed by atoms with Crippen LogP contribution in [0.25, 0.3) is 5.70 Å². The molecule has 2 aromatic rings. The lowest BCUT2D eigenvalue weighted by molar-refractivity contribution is -0.138. The van der Waals surface area contributed by atoms with Gasteiger partial charge in [-0.05, 0) is 68.3 Å². The first-order valence-corrected chi connectivity index (χ1v) is 9.82. The number of ether oxygens (including phenoxy) is 3. The van der Waals surface area contributed by atoms with E-state index in [9.17, 15) is 9.59 Å². The van der Waals surface area contributed by atoms with E-state index in [0.717, 1.165) is 5.56 Å². The summed E-state index contributed by atoms with van der Waals surface area (Å²) < 4.78 is 16.3. The molecule has 2 aromatic carbocycles. The van der Waals surface area contributed by atoms with Crippen molar-refractivity contribution in [2.45, 2.75) is 32.9 Å². The number of methoxy groups -OCH3 is 1. The normalized spacial score (nSPS) is 16.0. The van der Waals surface area contributed by atoms with Crippen LogP contribution in [-0.4, -0.2) is 31.8 Å². The Balaban J connectivity index is 2.12. The maximum absolute atomic E-state index is 12.9. The van der Waals surface area contributed by atoms with Crippen LogP contribution >= 0.6 is 0 Å². The Hall–Kier alpha value is -3.48. The van der Waals surface area contributed by atoms with Crippen LogP contribution in [0.5, 0.6) is 11.5 Å². The topological polar surface area (TPSA) is 85.9 Å². The van der Waals surface area contributed by atoms with Gasteiger partial charge in [0.15, 0.2) is 0 Å². The Kier molecular flexibility index (Phi) is 6.61. The SMILES string of the molecule is CCOC(=O)C1=C(c2ccc(OC)cc2)NC(=O)NC1c1cccc(OC(C)C)c1. The van der Waals surface area contributed by atoms with Crippen molar-refractivity contribution in [3.63, 3.8) is 0 Å². The zero-order chi connectivity index (χ0) is 21.7. The van der Waals surface area contributed by atoms with E-state index >= 15 is 0 Å². The van der Waals surface area contributed by atoms with Gasteiger partial charge >= 0.3 is 12.0 Å². The maximum atomic E-state index is 12.9. The first-order chi connectivity index (χ1) is 14.4. The molecule has 0 fully saturated rings. The van der Waals surface area contributed by atoms with Crippen molar-refractivity contribution in [1.82, 2.24) is 10.6 Å². The first-order valence-electron chi connectivity index (χ1n) is 9.82. The second-order valence-electron chi connectivity index (χ2n) is 7.01. The van der Waals surface area contributed by atoms with Gasteiger partial charge in [0.1, 0.15) is 11.5 Å². The van der Waals surface area contributed by atoms with Crippen molar-refractivity contribution in [3.8, 4) is 11.5 Å². The largest absolute Gasteiger partial charge is 0.497 e. The predicted octanol–water partition coefficient (Wildman–Crippen LogP) is 3.81. The van der Waals surface area contributed by atoms with Crippen LogP contribution in [0.4, 0.5) is 4.79 Å². The second-order valence-corrected chi connectivity index (χ2v) is 7.01. The Morgan fingerprint density at radius 3 is 2.47 bits per heavy atom. The highest BCUT2D eigenvalue weighted by atomic mass is 16.5. The standard InChI is InChI=1S/C23H26N2O5/c1-5-29-22(26)19-20(15-9-11-17(28-4)12-10-15)24-23(27)25-21(19)16-7-6-8-18(13-16)30-14(2)3/h6-14,21H,5H2,1-4H3,(H2,24,25,27).